The van der Waals surface area contributed by atoms with Gasteiger partial charge in [0.15, 0.2) is 0 Å². The lowest BCUT2D eigenvalue weighted by atomic mass is 10.0. The number of rotatable bonds is 5. The summed E-state index contributed by atoms with van der Waals surface area (Å²) in [7, 11) is 0. The lowest BCUT2D eigenvalue weighted by Crippen LogP contribution is -2.45. The van der Waals surface area contributed by atoms with Gasteiger partial charge in [0.2, 0.25) is 0 Å². The molecule has 16 heavy (non-hydrogen) atoms. The number of likely N-dealkylation sites (tertiary alicyclic amines) is 1. The molecule has 0 aromatic heterocycles. The van der Waals surface area contributed by atoms with Crippen LogP contribution in [0, 0.1) is 5.92 Å². The Morgan fingerprint density at radius 1 is 1.50 bits per heavy atom. The van der Waals surface area contributed by atoms with Crippen molar-refractivity contribution in [3.05, 3.63) is 0 Å². The van der Waals surface area contributed by atoms with Crippen LogP contribution in [0.1, 0.15) is 39.5 Å². The van der Waals surface area contributed by atoms with Crippen LogP contribution in [0.3, 0.4) is 0 Å². The van der Waals surface area contributed by atoms with E-state index in [1.165, 1.54) is 0 Å². The Hall–Kier alpha value is -0.770. The first kappa shape index (κ1) is 13.3. The summed E-state index contributed by atoms with van der Waals surface area (Å²) >= 11 is 0. The van der Waals surface area contributed by atoms with E-state index in [1.54, 1.807) is 4.90 Å². The topological polar surface area (TPSA) is 52.6 Å². The smallest absolute Gasteiger partial charge is 0.317 e. The Bertz CT molecular complexity index is 217. The molecule has 1 saturated heterocycles. The van der Waals surface area contributed by atoms with Gasteiger partial charge in [-0.1, -0.05) is 26.7 Å². The zero-order valence-corrected chi connectivity index (χ0v) is 10.4. The fourth-order valence-corrected chi connectivity index (χ4v) is 2.20. The molecule has 2 amide bonds. The summed E-state index contributed by atoms with van der Waals surface area (Å²) < 4.78 is 0. The minimum absolute atomic E-state index is 0.0107. The number of carbonyl (C=O) groups excluding carboxylic acids is 1. The van der Waals surface area contributed by atoms with Crippen molar-refractivity contribution in [2.24, 2.45) is 5.92 Å². The third-order valence-electron chi connectivity index (χ3n) is 3.55. The van der Waals surface area contributed by atoms with Crippen LogP contribution in [0.2, 0.25) is 0 Å². The third-order valence-corrected chi connectivity index (χ3v) is 3.55. The van der Waals surface area contributed by atoms with Crippen LogP contribution in [-0.4, -0.2) is 41.8 Å². The molecule has 0 aromatic carbocycles. The number of hydrogen-bond acceptors (Lipinski definition) is 2. The predicted molar refractivity (Wildman–Crippen MR) is 64.3 cm³/mol. The van der Waals surface area contributed by atoms with Crippen molar-refractivity contribution in [2.45, 2.75) is 45.6 Å². The number of carbonyl (C=O) groups is 1. The summed E-state index contributed by atoms with van der Waals surface area (Å²) in [5.41, 5.74) is 0. The van der Waals surface area contributed by atoms with Gasteiger partial charge in [0, 0.05) is 13.1 Å². The Morgan fingerprint density at radius 2 is 2.19 bits per heavy atom. The molecule has 0 unspecified atom stereocenters. The van der Waals surface area contributed by atoms with E-state index in [9.17, 15) is 4.79 Å². The van der Waals surface area contributed by atoms with Crippen molar-refractivity contribution in [3.8, 4) is 0 Å². The Kier molecular flexibility index (Phi) is 5.60. The number of nitrogens with one attached hydrogen (secondary N) is 1. The van der Waals surface area contributed by atoms with Gasteiger partial charge < -0.3 is 15.3 Å². The van der Waals surface area contributed by atoms with Crippen LogP contribution in [0.4, 0.5) is 4.79 Å². The van der Waals surface area contributed by atoms with Crippen molar-refractivity contribution < 1.29 is 9.90 Å². The fraction of sp³-hybridized carbons (Fsp3) is 0.917. The van der Waals surface area contributed by atoms with Crippen LogP contribution >= 0.6 is 0 Å². The standard InChI is InChI=1S/C12H24N2O2/c1-3-10(4-2)8-13-12(16)14-7-5-6-11(14)9-15/h10-11,15H,3-9H2,1-2H3,(H,13,16)/t11-/m1/s1. The molecule has 0 bridgehead atoms. The van der Waals surface area contributed by atoms with Gasteiger partial charge in [-0.05, 0) is 18.8 Å². The fourth-order valence-electron chi connectivity index (χ4n) is 2.20. The highest BCUT2D eigenvalue weighted by atomic mass is 16.3. The van der Waals surface area contributed by atoms with Crippen LogP contribution in [-0.2, 0) is 0 Å². The normalized spacial score (nSPS) is 20.5. The maximum atomic E-state index is 11.9. The quantitative estimate of drug-likeness (QED) is 0.751. The minimum Gasteiger partial charge on any atom is -0.394 e. The van der Waals surface area contributed by atoms with Gasteiger partial charge in [0.05, 0.1) is 12.6 Å². The Morgan fingerprint density at radius 3 is 2.75 bits per heavy atom. The monoisotopic (exact) mass is 228 g/mol. The zero-order valence-electron chi connectivity index (χ0n) is 10.4. The van der Waals surface area contributed by atoms with Crippen LogP contribution in [0.15, 0.2) is 0 Å². The van der Waals surface area contributed by atoms with Gasteiger partial charge in [-0.2, -0.15) is 0 Å². The van der Waals surface area contributed by atoms with Crippen molar-refractivity contribution in [1.82, 2.24) is 10.2 Å². The van der Waals surface area contributed by atoms with Gasteiger partial charge in [-0.3, -0.25) is 0 Å². The van der Waals surface area contributed by atoms with E-state index >= 15 is 0 Å². The Balaban J connectivity index is 2.34. The number of aliphatic hydroxyl groups is 1. The maximum Gasteiger partial charge on any atom is 0.317 e. The van der Waals surface area contributed by atoms with Crippen molar-refractivity contribution in [3.63, 3.8) is 0 Å². The summed E-state index contributed by atoms with van der Waals surface area (Å²) in [5.74, 6) is 0.569. The average Bonchev–Trinajstić information content (AvgIpc) is 2.78. The molecule has 4 heteroatoms. The second-order valence-corrected chi connectivity index (χ2v) is 4.54. The molecule has 0 aromatic rings. The molecule has 1 heterocycles. The third kappa shape index (κ3) is 3.37. The van der Waals surface area contributed by atoms with E-state index in [1.807, 2.05) is 0 Å². The van der Waals surface area contributed by atoms with E-state index in [0.717, 1.165) is 38.8 Å². The molecule has 1 aliphatic rings. The highest BCUT2D eigenvalue weighted by Crippen LogP contribution is 2.16. The number of amides is 2. The molecule has 1 fully saturated rings. The van der Waals surface area contributed by atoms with E-state index < -0.39 is 0 Å². The van der Waals surface area contributed by atoms with Crippen molar-refractivity contribution >= 4 is 6.03 Å². The highest BCUT2D eigenvalue weighted by molar-refractivity contribution is 5.74. The molecule has 1 rings (SSSR count). The van der Waals surface area contributed by atoms with Gasteiger partial charge in [0.1, 0.15) is 0 Å². The number of hydrogen-bond donors (Lipinski definition) is 2. The second-order valence-electron chi connectivity index (χ2n) is 4.54. The molecule has 0 spiro atoms. The lowest BCUT2D eigenvalue weighted by Gasteiger charge is -2.24. The van der Waals surface area contributed by atoms with E-state index in [-0.39, 0.29) is 18.7 Å². The molecule has 0 saturated carbocycles. The van der Waals surface area contributed by atoms with E-state index in [2.05, 4.69) is 19.2 Å². The van der Waals surface area contributed by atoms with Gasteiger partial charge in [-0.15, -0.1) is 0 Å². The molecule has 1 aliphatic heterocycles. The summed E-state index contributed by atoms with van der Waals surface area (Å²) in [5, 5.41) is 12.1. The molecule has 2 N–H and O–H groups in total. The van der Waals surface area contributed by atoms with Gasteiger partial charge >= 0.3 is 6.03 Å². The molecule has 1 atom stereocenters. The van der Waals surface area contributed by atoms with Crippen LogP contribution < -0.4 is 5.32 Å². The number of aliphatic hydroxyl groups excluding tert-OH is 1. The Labute approximate surface area is 98.0 Å². The summed E-state index contributed by atoms with van der Waals surface area (Å²) in [4.78, 5) is 13.6. The first-order valence-electron chi connectivity index (χ1n) is 6.38. The minimum atomic E-state index is -0.0107. The molecule has 94 valence electrons. The summed E-state index contributed by atoms with van der Waals surface area (Å²) in [6.45, 7) is 5.90. The summed E-state index contributed by atoms with van der Waals surface area (Å²) in [6.07, 6.45) is 4.12. The van der Waals surface area contributed by atoms with E-state index in [4.69, 9.17) is 5.11 Å². The predicted octanol–water partition coefficient (Wildman–Crippen LogP) is 1.59. The average molecular weight is 228 g/mol. The molecule has 0 aliphatic carbocycles. The van der Waals surface area contributed by atoms with Crippen molar-refractivity contribution in [1.29, 1.82) is 0 Å². The van der Waals surface area contributed by atoms with Crippen LogP contribution in [0.5, 0.6) is 0 Å². The zero-order chi connectivity index (χ0) is 12.0. The molecule has 0 radical (unpaired) electrons. The SMILES string of the molecule is CCC(CC)CNC(=O)N1CCC[C@@H]1CO. The van der Waals surface area contributed by atoms with Gasteiger partial charge in [0.25, 0.3) is 0 Å². The lowest BCUT2D eigenvalue weighted by molar-refractivity contribution is 0.156. The van der Waals surface area contributed by atoms with E-state index in [0.29, 0.717) is 5.92 Å². The first-order chi connectivity index (χ1) is 7.72. The van der Waals surface area contributed by atoms with Crippen molar-refractivity contribution in [2.75, 3.05) is 19.7 Å². The van der Waals surface area contributed by atoms with Crippen LogP contribution in [0.25, 0.3) is 0 Å². The highest BCUT2D eigenvalue weighted by Gasteiger charge is 2.27. The largest absolute Gasteiger partial charge is 0.394 e. The number of nitrogens with zero attached hydrogens (tertiary/aromatic N) is 1. The number of urea groups is 1. The molecular formula is C12H24N2O2. The molecular weight excluding hydrogens is 204 g/mol. The van der Waals surface area contributed by atoms with Gasteiger partial charge in [-0.25, -0.2) is 4.79 Å². The maximum absolute atomic E-state index is 11.9. The summed E-state index contributed by atoms with van der Waals surface area (Å²) in [6, 6.07) is 0.0187. The first-order valence-corrected chi connectivity index (χ1v) is 6.38. The second kappa shape index (κ2) is 6.74. The molecule has 4 nitrogen and oxygen atoms in total.